The standard InChI is InChI=1S/C25H27FN4O3S/c1-17(18-3-9-21(26)10-4-18)29-25(31)20-5-11-22(12-6-20)30-34(32,33)23-13-7-19(8-14-23)24-27-15-2-16-28-24/h2-4,7-10,13-17,20,22,30H,5-6,11-12H2,1H3,(H,29,31). The Morgan fingerprint density at radius 3 is 2.21 bits per heavy atom. The largest absolute Gasteiger partial charge is 0.349 e. The number of amides is 1. The van der Waals surface area contributed by atoms with E-state index in [1.165, 1.54) is 12.1 Å². The van der Waals surface area contributed by atoms with E-state index < -0.39 is 10.0 Å². The van der Waals surface area contributed by atoms with E-state index in [1.807, 2.05) is 6.92 Å². The Balaban J connectivity index is 1.30. The van der Waals surface area contributed by atoms with Crippen LogP contribution in [0.5, 0.6) is 0 Å². The molecule has 1 fully saturated rings. The van der Waals surface area contributed by atoms with Crippen molar-refractivity contribution < 1.29 is 17.6 Å². The first-order valence-corrected chi connectivity index (χ1v) is 12.8. The number of halogens is 1. The molecule has 3 aromatic rings. The summed E-state index contributed by atoms with van der Waals surface area (Å²) in [6.45, 7) is 1.86. The lowest BCUT2D eigenvalue weighted by Crippen LogP contribution is -2.41. The summed E-state index contributed by atoms with van der Waals surface area (Å²) in [4.78, 5) is 21.2. The van der Waals surface area contributed by atoms with Crippen LogP contribution >= 0.6 is 0 Å². The van der Waals surface area contributed by atoms with Gasteiger partial charge >= 0.3 is 0 Å². The fraction of sp³-hybridized carbons (Fsp3) is 0.320. The molecule has 0 bridgehead atoms. The van der Waals surface area contributed by atoms with Crippen molar-refractivity contribution in [3.05, 3.63) is 78.4 Å². The fourth-order valence-electron chi connectivity index (χ4n) is 4.16. The van der Waals surface area contributed by atoms with Crippen molar-refractivity contribution in [3.63, 3.8) is 0 Å². The average molecular weight is 483 g/mol. The summed E-state index contributed by atoms with van der Waals surface area (Å²) in [6, 6.07) is 13.8. The second-order valence-electron chi connectivity index (χ2n) is 8.55. The molecule has 4 rings (SSSR count). The Hall–Kier alpha value is -3.17. The summed E-state index contributed by atoms with van der Waals surface area (Å²) in [7, 11) is -3.68. The fourth-order valence-corrected chi connectivity index (χ4v) is 5.46. The molecular formula is C25H27FN4O3S. The van der Waals surface area contributed by atoms with E-state index in [4.69, 9.17) is 0 Å². The topological polar surface area (TPSA) is 101 Å². The van der Waals surface area contributed by atoms with Crippen LogP contribution in [0.15, 0.2) is 71.9 Å². The highest BCUT2D eigenvalue weighted by atomic mass is 32.2. The third kappa shape index (κ3) is 5.84. The highest BCUT2D eigenvalue weighted by molar-refractivity contribution is 7.89. The molecule has 1 unspecified atom stereocenters. The first-order chi connectivity index (χ1) is 16.3. The van der Waals surface area contributed by atoms with E-state index >= 15 is 0 Å². The van der Waals surface area contributed by atoms with Gasteiger partial charge in [0.25, 0.3) is 0 Å². The van der Waals surface area contributed by atoms with Crippen molar-refractivity contribution in [2.24, 2.45) is 5.92 Å². The summed E-state index contributed by atoms with van der Waals surface area (Å²) in [5, 5.41) is 2.98. The van der Waals surface area contributed by atoms with Gasteiger partial charge in [0.2, 0.25) is 15.9 Å². The molecular weight excluding hydrogens is 455 g/mol. The zero-order valence-electron chi connectivity index (χ0n) is 18.8. The van der Waals surface area contributed by atoms with E-state index in [1.54, 1.807) is 54.9 Å². The lowest BCUT2D eigenvalue weighted by molar-refractivity contribution is -0.126. The Labute approximate surface area is 198 Å². The van der Waals surface area contributed by atoms with Gasteiger partial charge in [-0.15, -0.1) is 0 Å². The molecule has 178 valence electrons. The number of rotatable bonds is 7. The van der Waals surface area contributed by atoms with E-state index in [0.717, 1.165) is 11.1 Å². The third-order valence-corrected chi connectivity index (χ3v) is 7.67. The Morgan fingerprint density at radius 2 is 1.59 bits per heavy atom. The number of nitrogens with one attached hydrogen (secondary N) is 2. The molecule has 0 saturated heterocycles. The van der Waals surface area contributed by atoms with Gasteiger partial charge in [-0.3, -0.25) is 4.79 Å². The number of aromatic nitrogens is 2. The van der Waals surface area contributed by atoms with Gasteiger partial charge < -0.3 is 5.32 Å². The van der Waals surface area contributed by atoms with Crippen LogP contribution in [-0.2, 0) is 14.8 Å². The summed E-state index contributed by atoms with van der Waals surface area (Å²) >= 11 is 0. The number of hydrogen-bond acceptors (Lipinski definition) is 5. The summed E-state index contributed by atoms with van der Waals surface area (Å²) in [6.07, 6.45) is 5.62. The number of sulfonamides is 1. The van der Waals surface area contributed by atoms with Crippen LogP contribution < -0.4 is 10.0 Å². The molecule has 1 amide bonds. The number of carbonyl (C=O) groups is 1. The quantitative estimate of drug-likeness (QED) is 0.530. The van der Waals surface area contributed by atoms with Gasteiger partial charge in [-0.2, -0.15) is 0 Å². The predicted octanol–water partition coefficient (Wildman–Crippen LogP) is 4.00. The van der Waals surface area contributed by atoms with Crippen LogP contribution in [-0.4, -0.2) is 30.3 Å². The monoisotopic (exact) mass is 482 g/mol. The van der Waals surface area contributed by atoms with Crippen LogP contribution in [0.2, 0.25) is 0 Å². The first kappa shape index (κ1) is 24.0. The highest BCUT2D eigenvalue weighted by Gasteiger charge is 2.29. The Kier molecular flexibility index (Phi) is 7.33. The maximum absolute atomic E-state index is 13.1. The van der Waals surface area contributed by atoms with Gasteiger partial charge in [-0.25, -0.2) is 27.5 Å². The predicted molar refractivity (Wildman–Crippen MR) is 126 cm³/mol. The van der Waals surface area contributed by atoms with E-state index in [-0.39, 0.29) is 34.6 Å². The molecule has 1 saturated carbocycles. The molecule has 2 N–H and O–H groups in total. The summed E-state index contributed by atoms with van der Waals surface area (Å²) in [5.74, 6) is -0.0142. The molecule has 0 radical (unpaired) electrons. The van der Waals surface area contributed by atoms with Gasteiger partial charge in [-0.1, -0.05) is 12.1 Å². The number of hydrogen-bond donors (Lipinski definition) is 2. The normalized spacial score (nSPS) is 19.4. The molecule has 0 spiro atoms. The van der Waals surface area contributed by atoms with Crippen LogP contribution in [0.3, 0.4) is 0 Å². The maximum atomic E-state index is 13.1. The second-order valence-corrected chi connectivity index (χ2v) is 10.3. The van der Waals surface area contributed by atoms with Crippen molar-refractivity contribution in [2.45, 2.75) is 49.6 Å². The molecule has 1 aliphatic carbocycles. The van der Waals surface area contributed by atoms with Crippen LogP contribution in [0.4, 0.5) is 4.39 Å². The first-order valence-electron chi connectivity index (χ1n) is 11.3. The minimum absolute atomic E-state index is 0.0585. The van der Waals surface area contributed by atoms with Crippen molar-refractivity contribution in [2.75, 3.05) is 0 Å². The molecule has 7 nitrogen and oxygen atoms in total. The van der Waals surface area contributed by atoms with Crippen LogP contribution in [0.25, 0.3) is 11.4 Å². The zero-order valence-corrected chi connectivity index (χ0v) is 19.6. The van der Waals surface area contributed by atoms with Gasteiger partial charge in [-0.05, 0) is 80.6 Å². The molecule has 1 aliphatic rings. The minimum atomic E-state index is -3.68. The van der Waals surface area contributed by atoms with Gasteiger partial charge in [0, 0.05) is 29.9 Å². The number of carbonyl (C=O) groups excluding carboxylic acids is 1. The SMILES string of the molecule is CC(NC(=O)C1CCC(NS(=O)(=O)c2ccc(-c3ncccn3)cc2)CC1)c1ccc(F)cc1. The molecule has 1 atom stereocenters. The molecule has 9 heteroatoms. The summed E-state index contributed by atoms with van der Waals surface area (Å²) in [5.41, 5.74) is 1.57. The molecule has 2 aromatic carbocycles. The van der Waals surface area contributed by atoms with E-state index in [0.29, 0.717) is 31.5 Å². The Morgan fingerprint density at radius 1 is 0.971 bits per heavy atom. The molecule has 0 aliphatic heterocycles. The lowest BCUT2D eigenvalue weighted by atomic mass is 9.85. The van der Waals surface area contributed by atoms with Crippen molar-refractivity contribution in [1.82, 2.24) is 20.0 Å². The average Bonchev–Trinajstić information content (AvgIpc) is 2.85. The number of nitrogens with zero attached hydrogens (tertiary/aromatic N) is 2. The third-order valence-electron chi connectivity index (χ3n) is 6.14. The molecule has 34 heavy (non-hydrogen) atoms. The zero-order chi connectivity index (χ0) is 24.1. The van der Waals surface area contributed by atoms with Crippen molar-refractivity contribution in [3.8, 4) is 11.4 Å². The van der Waals surface area contributed by atoms with E-state index in [9.17, 15) is 17.6 Å². The molecule has 1 aromatic heterocycles. The second kappa shape index (κ2) is 10.4. The van der Waals surface area contributed by atoms with Crippen molar-refractivity contribution in [1.29, 1.82) is 0 Å². The lowest BCUT2D eigenvalue weighted by Gasteiger charge is -2.29. The van der Waals surface area contributed by atoms with Crippen LogP contribution in [0.1, 0.15) is 44.2 Å². The Bertz CT molecular complexity index is 1210. The maximum Gasteiger partial charge on any atom is 0.240 e. The van der Waals surface area contributed by atoms with Crippen molar-refractivity contribution >= 4 is 15.9 Å². The molecule has 1 heterocycles. The smallest absolute Gasteiger partial charge is 0.240 e. The number of benzene rings is 2. The van der Waals surface area contributed by atoms with E-state index in [2.05, 4.69) is 20.0 Å². The van der Waals surface area contributed by atoms with Gasteiger partial charge in [0.05, 0.1) is 10.9 Å². The van der Waals surface area contributed by atoms with Gasteiger partial charge in [0.15, 0.2) is 5.82 Å². The van der Waals surface area contributed by atoms with Gasteiger partial charge in [0.1, 0.15) is 5.82 Å². The highest BCUT2D eigenvalue weighted by Crippen LogP contribution is 2.27. The minimum Gasteiger partial charge on any atom is -0.349 e. The van der Waals surface area contributed by atoms with Crippen LogP contribution in [0, 0.1) is 11.7 Å². The summed E-state index contributed by atoms with van der Waals surface area (Å²) < 4.78 is 41.6.